The molecule has 1 N–H and O–H groups in total. The Morgan fingerprint density at radius 1 is 1.59 bits per heavy atom. The normalized spacial score (nSPS) is 24.9. The van der Waals surface area contributed by atoms with Crippen molar-refractivity contribution in [1.29, 1.82) is 0 Å². The number of hydrogen-bond donors (Lipinski definition) is 1. The van der Waals surface area contributed by atoms with Gasteiger partial charge in [-0.05, 0) is 19.8 Å². The summed E-state index contributed by atoms with van der Waals surface area (Å²) in [7, 11) is 0. The molecule has 0 spiro atoms. The lowest BCUT2D eigenvalue weighted by Crippen LogP contribution is -2.48. The summed E-state index contributed by atoms with van der Waals surface area (Å²) in [5.41, 5.74) is -0.719. The lowest BCUT2D eigenvalue weighted by Gasteiger charge is -2.36. The number of rotatable bonds is 3. The fraction of sp³-hybridized carbons (Fsp3) is 0.667. The predicted molar refractivity (Wildman–Crippen MR) is 63.3 cm³/mol. The highest BCUT2D eigenvalue weighted by Crippen LogP contribution is 2.20. The maximum Gasteiger partial charge on any atom is 0.224 e. The standard InChI is InChI=1S/C12H19N3O2/c1-12(17)4-2-6-15(9-12)11(16)3-7-14-8-5-13-10-14/h5,8,10,17H,2-4,6-7,9H2,1H3. The minimum Gasteiger partial charge on any atom is -0.388 e. The van der Waals surface area contributed by atoms with Gasteiger partial charge in [0.15, 0.2) is 0 Å². The summed E-state index contributed by atoms with van der Waals surface area (Å²) in [6.07, 6.45) is 7.38. The van der Waals surface area contributed by atoms with Crippen LogP contribution in [-0.2, 0) is 11.3 Å². The van der Waals surface area contributed by atoms with Crippen molar-refractivity contribution >= 4 is 5.91 Å². The van der Waals surface area contributed by atoms with E-state index in [9.17, 15) is 9.90 Å². The highest BCUT2D eigenvalue weighted by Gasteiger charge is 2.30. The first-order valence-corrected chi connectivity index (χ1v) is 6.03. The Kier molecular flexibility index (Phi) is 3.47. The zero-order valence-corrected chi connectivity index (χ0v) is 10.2. The van der Waals surface area contributed by atoms with Crippen molar-refractivity contribution in [2.24, 2.45) is 0 Å². The number of likely N-dealkylation sites (tertiary alicyclic amines) is 1. The number of imidazole rings is 1. The predicted octanol–water partition coefficient (Wildman–Crippen LogP) is 0.647. The molecule has 1 saturated heterocycles. The molecule has 5 heteroatoms. The van der Waals surface area contributed by atoms with Gasteiger partial charge in [-0.1, -0.05) is 0 Å². The van der Waals surface area contributed by atoms with Gasteiger partial charge in [-0.25, -0.2) is 4.98 Å². The van der Waals surface area contributed by atoms with Gasteiger partial charge in [-0.2, -0.15) is 0 Å². The number of hydrogen-bond acceptors (Lipinski definition) is 3. The van der Waals surface area contributed by atoms with Crippen LogP contribution in [0, 0.1) is 0 Å². The van der Waals surface area contributed by atoms with E-state index in [1.165, 1.54) is 0 Å². The smallest absolute Gasteiger partial charge is 0.224 e. The van der Waals surface area contributed by atoms with Gasteiger partial charge in [0.05, 0.1) is 11.9 Å². The quantitative estimate of drug-likeness (QED) is 0.839. The molecule has 0 aliphatic carbocycles. The number of amides is 1. The lowest BCUT2D eigenvalue weighted by molar-refractivity contribution is -0.137. The van der Waals surface area contributed by atoms with E-state index in [0.29, 0.717) is 19.5 Å². The van der Waals surface area contributed by atoms with Crippen molar-refractivity contribution in [2.45, 2.75) is 38.3 Å². The molecule has 2 rings (SSSR count). The molecule has 1 unspecified atom stereocenters. The van der Waals surface area contributed by atoms with Crippen LogP contribution < -0.4 is 0 Å². The molecule has 1 atom stereocenters. The third-order valence-electron chi connectivity index (χ3n) is 3.17. The molecule has 17 heavy (non-hydrogen) atoms. The third-order valence-corrected chi connectivity index (χ3v) is 3.17. The fourth-order valence-corrected chi connectivity index (χ4v) is 2.23. The molecule has 1 aliphatic rings. The minimum absolute atomic E-state index is 0.110. The first-order valence-electron chi connectivity index (χ1n) is 6.03. The van der Waals surface area contributed by atoms with Crippen molar-refractivity contribution in [3.8, 4) is 0 Å². The summed E-state index contributed by atoms with van der Waals surface area (Å²) in [5, 5.41) is 9.94. The minimum atomic E-state index is -0.719. The molecule has 0 radical (unpaired) electrons. The highest BCUT2D eigenvalue weighted by atomic mass is 16.3. The van der Waals surface area contributed by atoms with E-state index in [4.69, 9.17) is 0 Å². The number of carbonyl (C=O) groups excluding carboxylic acids is 1. The van der Waals surface area contributed by atoms with E-state index in [2.05, 4.69) is 4.98 Å². The third kappa shape index (κ3) is 3.30. The summed E-state index contributed by atoms with van der Waals surface area (Å²) in [4.78, 5) is 17.7. The molecular formula is C12H19N3O2. The monoisotopic (exact) mass is 237 g/mol. The number of nitrogens with zero attached hydrogens (tertiary/aromatic N) is 3. The molecule has 5 nitrogen and oxygen atoms in total. The molecule has 1 amide bonds. The molecule has 1 aliphatic heterocycles. The van der Waals surface area contributed by atoms with Crippen LogP contribution in [0.5, 0.6) is 0 Å². The second-order valence-electron chi connectivity index (χ2n) is 4.97. The number of carbonyl (C=O) groups is 1. The Bertz CT molecular complexity index is 373. The Hall–Kier alpha value is -1.36. The first kappa shape index (κ1) is 12.1. The molecule has 1 aromatic rings. The van der Waals surface area contributed by atoms with Crippen LogP contribution in [0.2, 0.25) is 0 Å². The number of β-amino-alcohol motifs (C(OH)–C–C–N with tert-alkyl or cyclic N) is 1. The zero-order chi connectivity index (χ0) is 12.3. The summed E-state index contributed by atoms with van der Waals surface area (Å²) in [6.45, 7) is 3.66. The van der Waals surface area contributed by atoms with Crippen LogP contribution >= 0.6 is 0 Å². The Morgan fingerprint density at radius 2 is 2.41 bits per heavy atom. The molecular weight excluding hydrogens is 218 g/mol. The Balaban J connectivity index is 1.83. The van der Waals surface area contributed by atoms with Gasteiger partial charge in [0.25, 0.3) is 0 Å². The van der Waals surface area contributed by atoms with Crippen LogP contribution in [-0.4, -0.2) is 44.2 Å². The average Bonchev–Trinajstić information content (AvgIpc) is 2.77. The van der Waals surface area contributed by atoms with Gasteiger partial charge in [0, 0.05) is 38.4 Å². The van der Waals surface area contributed by atoms with E-state index in [0.717, 1.165) is 19.4 Å². The molecule has 0 aromatic carbocycles. The highest BCUT2D eigenvalue weighted by molar-refractivity contribution is 5.76. The van der Waals surface area contributed by atoms with Crippen LogP contribution in [0.3, 0.4) is 0 Å². The maximum atomic E-state index is 12.0. The molecule has 1 fully saturated rings. The lowest BCUT2D eigenvalue weighted by atomic mass is 9.95. The van der Waals surface area contributed by atoms with Crippen LogP contribution in [0.25, 0.3) is 0 Å². The molecule has 2 heterocycles. The summed E-state index contributed by atoms with van der Waals surface area (Å²) in [6, 6.07) is 0. The number of aromatic nitrogens is 2. The van der Waals surface area contributed by atoms with Gasteiger partial charge >= 0.3 is 0 Å². The van der Waals surface area contributed by atoms with E-state index < -0.39 is 5.60 Å². The number of piperidine rings is 1. The van der Waals surface area contributed by atoms with Gasteiger partial charge in [-0.3, -0.25) is 4.79 Å². The van der Waals surface area contributed by atoms with Gasteiger partial charge in [-0.15, -0.1) is 0 Å². The van der Waals surface area contributed by atoms with E-state index in [1.54, 1.807) is 24.3 Å². The van der Waals surface area contributed by atoms with Gasteiger partial charge in [0.1, 0.15) is 0 Å². The largest absolute Gasteiger partial charge is 0.388 e. The maximum absolute atomic E-state index is 12.0. The summed E-state index contributed by atoms with van der Waals surface area (Å²) >= 11 is 0. The zero-order valence-electron chi connectivity index (χ0n) is 10.2. The second kappa shape index (κ2) is 4.87. The second-order valence-corrected chi connectivity index (χ2v) is 4.97. The van der Waals surface area contributed by atoms with Crippen LogP contribution in [0.4, 0.5) is 0 Å². The topological polar surface area (TPSA) is 58.4 Å². The number of aliphatic hydroxyl groups is 1. The Morgan fingerprint density at radius 3 is 3.06 bits per heavy atom. The van der Waals surface area contributed by atoms with E-state index >= 15 is 0 Å². The van der Waals surface area contributed by atoms with Gasteiger partial charge in [0.2, 0.25) is 5.91 Å². The van der Waals surface area contributed by atoms with Crippen LogP contribution in [0.15, 0.2) is 18.7 Å². The van der Waals surface area contributed by atoms with Crippen LogP contribution in [0.1, 0.15) is 26.2 Å². The van der Waals surface area contributed by atoms with Gasteiger partial charge < -0.3 is 14.6 Å². The fourth-order valence-electron chi connectivity index (χ4n) is 2.23. The average molecular weight is 237 g/mol. The number of aryl methyl sites for hydroxylation is 1. The summed E-state index contributed by atoms with van der Waals surface area (Å²) in [5.74, 6) is 0.110. The molecule has 1 aromatic heterocycles. The molecule has 0 saturated carbocycles. The SMILES string of the molecule is CC1(O)CCCN(C(=O)CCn2ccnc2)C1. The van der Waals surface area contributed by atoms with Crippen molar-refractivity contribution < 1.29 is 9.90 Å². The van der Waals surface area contributed by atoms with Crippen molar-refractivity contribution in [1.82, 2.24) is 14.5 Å². The summed E-state index contributed by atoms with van der Waals surface area (Å²) < 4.78 is 1.89. The molecule has 94 valence electrons. The first-order chi connectivity index (χ1) is 8.07. The molecule has 0 bridgehead atoms. The Labute approximate surface area is 101 Å². The van der Waals surface area contributed by atoms with Crippen molar-refractivity contribution in [3.05, 3.63) is 18.7 Å². The van der Waals surface area contributed by atoms with Crippen molar-refractivity contribution in [3.63, 3.8) is 0 Å². The van der Waals surface area contributed by atoms with E-state index in [1.807, 2.05) is 10.8 Å². The van der Waals surface area contributed by atoms with Crippen molar-refractivity contribution in [2.75, 3.05) is 13.1 Å². The van der Waals surface area contributed by atoms with E-state index in [-0.39, 0.29) is 5.91 Å².